The van der Waals surface area contributed by atoms with Gasteiger partial charge in [-0.2, -0.15) is 4.76 Å². The Balaban J connectivity index is 2.16. The van der Waals surface area contributed by atoms with Crippen LogP contribution in [0.2, 0.25) is 0 Å². The number of amidine groups is 1. The normalized spacial score (nSPS) is 23.0. The van der Waals surface area contributed by atoms with Gasteiger partial charge in [-0.05, 0) is 36.3 Å². The number of carbonyl (C=O) groups excluding carboxylic acids is 2. The summed E-state index contributed by atoms with van der Waals surface area (Å²) in [4.78, 5) is 27.4. The predicted octanol–water partition coefficient (Wildman–Crippen LogP) is 3.97. The summed E-state index contributed by atoms with van der Waals surface area (Å²) < 4.78 is 23.7. The van der Waals surface area contributed by atoms with E-state index in [9.17, 15) is 19.3 Å². The third-order valence-electron chi connectivity index (χ3n) is 5.85. The Morgan fingerprint density at radius 1 is 1.26 bits per heavy atom. The van der Waals surface area contributed by atoms with Gasteiger partial charge in [0.05, 0.1) is 29.2 Å². The van der Waals surface area contributed by atoms with E-state index in [0.717, 1.165) is 6.42 Å². The highest BCUT2D eigenvalue weighted by molar-refractivity contribution is 7.66. The van der Waals surface area contributed by atoms with E-state index in [0.29, 0.717) is 6.54 Å². The number of anilines is 1. The second kappa shape index (κ2) is 8.86. The number of para-hydroxylation sites is 1. The number of amides is 2. The minimum Gasteiger partial charge on any atom is -0.509 e. The van der Waals surface area contributed by atoms with Crippen LogP contribution in [-0.4, -0.2) is 46.8 Å². The van der Waals surface area contributed by atoms with E-state index in [1.165, 1.54) is 6.07 Å². The highest BCUT2D eigenvalue weighted by Crippen LogP contribution is 2.53. The van der Waals surface area contributed by atoms with Crippen LogP contribution in [0.5, 0.6) is 0 Å². The second-order valence-electron chi connectivity index (χ2n) is 10.9. The number of carbonyl (C=O) groups is 2. The van der Waals surface area contributed by atoms with Crippen LogP contribution in [0.3, 0.4) is 0 Å². The molecule has 0 aromatic heterocycles. The molecule has 186 valence electrons. The highest BCUT2D eigenvalue weighted by Gasteiger charge is 2.49. The summed E-state index contributed by atoms with van der Waals surface area (Å²) >= 11 is 0. The molecule has 2 aliphatic heterocycles. The number of hydrogen-bond acceptors (Lipinski definition) is 6. The zero-order chi connectivity index (χ0) is 25.6. The predicted molar refractivity (Wildman–Crippen MR) is 134 cm³/mol. The number of nitrogens with two attached hydrogens (primary N) is 1. The van der Waals surface area contributed by atoms with E-state index in [1.54, 1.807) is 24.0 Å². The van der Waals surface area contributed by atoms with E-state index < -0.39 is 30.8 Å². The Kier molecular flexibility index (Phi) is 6.77. The largest absolute Gasteiger partial charge is 0.509 e. The number of nitrogens with one attached hydrogen (secondary N) is 1. The summed E-state index contributed by atoms with van der Waals surface area (Å²) in [5.41, 5.74) is 5.24. The summed E-state index contributed by atoms with van der Waals surface area (Å²) in [6, 6.07) is 3.99. The van der Waals surface area contributed by atoms with Crippen molar-refractivity contribution >= 4 is 36.2 Å². The average molecular weight is 491 g/mol. The molecule has 10 heteroatoms. The number of fused-ring (bicyclic) bond motifs is 1. The minimum atomic E-state index is -3.85. The molecule has 0 radical (unpaired) electrons. The SMILES string of the molecule is CCOP1(=O)N=C(C2=C(O)C(C(C)(C)C)N(CCC(C)(C)C)C2=O)Nc2c(C(N)=O)cccc21. The average Bonchev–Trinajstić information content (AvgIpc) is 2.95. The molecule has 0 fully saturated rings. The van der Waals surface area contributed by atoms with Gasteiger partial charge in [0.1, 0.15) is 11.3 Å². The lowest BCUT2D eigenvalue weighted by Gasteiger charge is -2.36. The molecular formula is C24H35N4O5P. The fourth-order valence-electron chi connectivity index (χ4n) is 4.27. The van der Waals surface area contributed by atoms with Crippen molar-refractivity contribution in [1.29, 1.82) is 0 Å². The number of hydrogen-bond donors (Lipinski definition) is 3. The Labute approximate surface area is 201 Å². The van der Waals surface area contributed by atoms with Gasteiger partial charge in [0.25, 0.3) is 11.8 Å². The van der Waals surface area contributed by atoms with E-state index >= 15 is 0 Å². The van der Waals surface area contributed by atoms with E-state index in [1.807, 2.05) is 20.8 Å². The Morgan fingerprint density at radius 2 is 1.91 bits per heavy atom. The molecule has 3 rings (SSSR count). The van der Waals surface area contributed by atoms with Gasteiger partial charge < -0.3 is 25.6 Å². The first-order valence-electron chi connectivity index (χ1n) is 11.4. The maximum absolute atomic E-state index is 13.8. The molecule has 2 unspecified atom stereocenters. The summed E-state index contributed by atoms with van der Waals surface area (Å²) in [6.45, 7) is 14.3. The summed E-state index contributed by atoms with van der Waals surface area (Å²) in [5, 5.41) is 14.5. The fourth-order valence-corrected chi connectivity index (χ4v) is 6.07. The summed E-state index contributed by atoms with van der Waals surface area (Å²) in [5.74, 6) is -1.39. The molecule has 0 spiro atoms. The van der Waals surface area contributed by atoms with Crippen LogP contribution in [0, 0.1) is 10.8 Å². The maximum Gasteiger partial charge on any atom is 0.348 e. The molecule has 4 N–H and O–H groups in total. The van der Waals surface area contributed by atoms with Gasteiger partial charge in [-0.3, -0.25) is 14.2 Å². The summed E-state index contributed by atoms with van der Waals surface area (Å²) in [6.07, 6.45) is 0.720. The Morgan fingerprint density at radius 3 is 2.44 bits per heavy atom. The zero-order valence-corrected chi connectivity index (χ0v) is 21.8. The molecule has 0 aliphatic carbocycles. The first kappa shape index (κ1) is 26.0. The molecule has 1 aromatic rings. The van der Waals surface area contributed by atoms with E-state index in [-0.39, 0.29) is 45.7 Å². The van der Waals surface area contributed by atoms with E-state index in [4.69, 9.17) is 10.3 Å². The standard InChI is InChI=1S/C24H35N4O5P/c1-8-33-34(32)15-11-9-10-14(20(25)30)17(15)26-21(27-34)16-18(29)19(24(5,6)7)28(22(16)31)13-12-23(2,3)4/h9-11,19,29H,8,12-13H2,1-7H3,(H2,25,30)(H,26,27,32). The Hall–Kier alpha value is -2.64. The third-order valence-corrected chi connectivity index (χ3v) is 7.91. The van der Waals surface area contributed by atoms with Crippen molar-refractivity contribution in [2.24, 2.45) is 21.3 Å². The Bertz CT molecular complexity index is 1130. The highest BCUT2D eigenvalue weighted by atomic mass is 31.2. The molecule has 34 heavy (non-hydrogen) atoms. The number of aliphatic hydroxyl groups excluding tert-OH is 1. The molecule has 2 atom stereocenters. The van der Waals surface area contributed by atoms with Crippen molar-refractivity contribution in [2.75, 3.05) is 18.5 Å². The molecule has 0 saturated carbocycles. The fraction of sp³-hybridized carbons (Fsp3) is 0.542. The molecule has 9 nitrogen and oxygen atoms in total. The van der Waals surface area contributed by atoms with Crippen LogP contribution in [0.15, 0.2) is 34.3 Å². The quantitative estimate of drug-likeness (QED) is 0.517. The van der Waals surface area contributed by atoms with Crippen LogP contribution >= 0.6 is 7.52 Å². The molecule has 2 heterocycles. The van der Waals surface area contributed by atoms with Gasteiger partial charge in [-0.1, -0.05) is 47.6 Å². The smallest absolute Gasteiger partial charge is 0.348 e. The van der Waals surface area contributed by atoms with Crippen LogP contribution in [0.1, 0.15) is 65.2 Å². The van der Waals surface area contributed by atoms with Crippen molar-refractivity contribution in [3.05, 3.63) is 35.1 Å². The second-order valence-corrected chi connectivity index (χ2v) is 12.9. The van der Waals surface area contributed by atoms with Gasteiger partial charge in [-0.25, -0.2) is 0 Å². The molecular weight excluding hydrogens is 455 g/mol. The molecule has 0 bridgehead atoms. The van der Waals surface area contributed by atoms with Crippen LogP contribution in [0.25, 0.3) is 0 Å². The van der Waals surface area contributed by atoms with E-state index in [2.05, 4.69) is 30.9 Å². The molecule has 0 saturated heterocycles. The van der Waals surface area contributed by atoms with Crippen LogP contribution < -0.4 is 16.4 Å². The topological polar surface area (TPSA) is 134 Å². The van der Waals surface area contributed by atoms with Gasteiger partial charge in [0, 0.05) is 6.54 Å². The first-order valence-corrected chi connectivity index (χ1v) is 13.0. The maximum atomic E-state index is 13.8. The third kappa shape index (κ3) is 4.77. The van der Waals surface area contributed by atoms with Crippen molar-refractivity contribution in [1.82, 2.24) is 4.90 Å². The number of rotatable bonds is 6. The number of aliphatic hydroxyl groups is 1. The lowest BCUT2D eigenvalue weighted by Crippen LogP contribution is -2.45. The number of benzene rings is 1. The van der Waals surface area contributed by atoms with Crippen molar-refractivity contribution in [2.45, 2.75) is 60.9 Å². The van der Waals surface area contributed by atoms with Gasteiger partial charge in [0.15, 0.2) is 5.84 Å². The molecule has 2 amide bonds. The summed E-state index contributed by atoms with van der Waals surface area (Å²) in [7, 11) is -3.85. The number of nitrogens with zero attached hydrogens (tertiary/aromatic N) is 2. The monoisotopic (exact) mass is 490 g/mol. The molecule has 2 aliphatic rings. The van der Waals surface area contributed by atoms with Crippen LogP contribution in [-0.2, 0) is 13.9 Å². The molecule has 1 aromatic carbocycles. The van der Waals surface area contributed by atoms with Crippen molar-refractivity contribution in [3.8, 4) is 0 Å². The lowest BCUT2D eigenvalue weighted by atomic mass is 9.84. The van der Waals surface area contributed by atoms with Crippen LogP contribution in [0.4, 0.5) is 5.69 Å². The minimum absolute atomic E-state index is 0.0261. The number of primary amides is 1. The van der Waals surface area contributed by atoms with Gasteiger partial charge in [-0.15, -0.1) is 0 Å². The van der Waals surface area contributed by atoms with Crippen molar-refractivity contribution < 1.29 is 23.8 Å². The van der Waals surface area contributed by atoms with Gasteiger partial charge in [0.2, 0.25) is 0 Å². The van der Waals surface area contributed by atoms with Gasteiger partial charge >= 0.3 is 7.52 Å². The lowest BCUT2D eigenvalue weighted by molar-refractivity contribution is -0.128. The zero-order valence-electron chi connectivity index (χ0n) is 20.9. The van der Waals surface area contributed by atoms with Crippen molar-refractivity contribution in [3.63, 3.8) is 0 Å². The first-order chi connectivity index (χ1) is 15.6.